The van der Waals surface area contributed by atoms with Crippen molar-refractivity contribution in [2.45, 2.75) is 6.54 Å². The molecule has 0 saturated heterocycles. The first-order chi connectivity index (χ1) is 11.1. The van der Waals surface area contributed by atoms with Gasteiger partial charge in [-0.15, -0.1) is 0 Å². The minimum Gasteiger partial charge on any atom is -0.505 e. The minimum absolute atomic E-state index is 0.0161. The fourth-order valence-electron chi connectivity index (χ4n) is 1.98. The van der Waals surface area contributed by atoms with Crippen LogP contribution < -0.4 is 0 Å². The van der Waals surface area contributed by atoms with Crippen molar-refractivity contribution in [1.82, 2.24) is 25.0 Å². The number of H-pyrrole nitrogens is 1. The molecule has 2 N–H and O–H groups in total. The second-order valence-corrected chi connectivity index (χ2v) is 4.72. The maximum Gasteiger partial charge on any atom is 0.226 e. The maximum absolute atomic E-state index is 13.6. The number of aliphatic hydroxyl groups is 1. The third-order valence-electron chi connectivity index (χ3n) is 3.11. The molecule has 3 rings (SSSR count). The highest BCUT2D eigenvalue weighted by molar-refractivity contribution is 6.05. The molecule has 0 bridgehead atoms. The van der Waals surface area contributed by atoms with E-state index in [1.54, 1.807) is 24.4 Å². The Bertz CT molecular complexity index is 854. The lowest BCUT2D eigenvalue weighted by Crippen LogP contribution is -2.03. The highest BCUT2D eigenvalue weighted by atomic mass is 19.1. The summed E-state index contributed by atoms with van der Waals surface area (Å²) in [7, 11) is 0. The summed E-state index contributed by atoms with van der Waals surface area (Å²) in [4.78, 5) is 15.5. The summed E-state index contributed by atoms with van der Waals surface area (Å²) < 4.78 is 15.1. The van der Waals surface area contributed by atoms with E-state index in [4.69, 9.17) is 0 Å². The van der Waals surface area contributed by atoms with Crippen LogP contribution in [0.4, 0.5) is 4.39 Å². The Morgan fingerprint density at radius 3 is 2.91 bits per heavy atom. The molecule has 0 aliphatic rings. The van der Waals surface area contributed by atoms with Crippen LogP contribution in [0.5, 0.6) is 0 Å². The monoisotopic (exact) mass is 313 g/mol. The number of hydrogen-bond donors (Lipinski definition) is 2. The van der Waals surface area contributed by atoms with Gasteiger partial charge in [-0.1, -0.05) is 18.2 Å². The van der Waals surface area contributed by atoms with Gasteiger partial charge in [0.05, 0.1) is 6.54 Å². The van der Waals surface area contributed by atoms with E-state index < -0.39 is 5.78 Å². The number of carbonyl (C=O) groups is 1. The number of carbonyl (C=O) groups excluding carboxylic acids is 1. The lowest BCUT2D eigenvalue weighted by Gasteiger charge is -2.03. The molecule has 0 amide bonds. The molecule has 3 aromatic rings. The third-order valence-corrected chi connectivity index (χ3v) is 3.11. The Kier molecular flexibility index (Phi) is 3.96. The number of halogens is 1. The summed E-state index contributed by atoms with van der Waals surface area (Å²) in [5, 5.41) is 20.0. The van der Waals surface area contributed by atoms with Crippen molar-refractivity contribution in [1.29, 1.82) is 0 Å². The summed E-state index contributed by atoms with van der Waals surface area (Å²) in [5.74, 6) is -1.14. The molecule has 1 aromatic carbocycles. The Morgan fingerprint density at radius 2 is 2.17 bits per heavy atom. The summed E-state index contributed by atoms with van der Waals surface area (Å²) in [6, 6.07) is 7.89. The lowest BCUT2D eigenvalue weighted by molar-refractivity contribution is 0.103. The highest BCUT2D eigenvalue weighted by Gasteiger charge is 2.11. The Balaban J connectivity index is 1.76. The molecule has 7 nitrogen and oxygen atoms in total. The van der Waals surface area contributed by atoms with E-state index in [0.717, 1.165) is 6.08 Å². The van der Waals surface area contributed by atoms with Gasteiger partial charge >= 0.3 is 0 Å². The van der Waals surface area contributed by atoms with Gasteiger partial charge in [0.1, 0.15) is 23.6 Å². The maximum atomic E-state index is 13.6. The standard InChI is InChI=1S/C15H12FN5O2/c16-11-4-2-1-3-10(11)8-21-6-5-12(20-21)13(22)7-14(23)15-17-9-18-19-15/h1-7,9,22H,8H2,(H,17,18,19). The summed E-state index contributed by atoms with van der Waals surface area (Å²) in [6.45, 7) is 0.218. The van der Waals surface area contributed by atoms with Crippen LogP contribution in [0.25, 0.3) is 5.76 Å². The van der Waals surface area contributed by atoms with Gasteiger partial charge in [-0.25, -0.2) is 9.37 Å². The first-order valence-electron chi connectivity index (χ1n) is 6.71. The number of aromatic amines is 1. The number of allylic oxidation sites excluding steroid dienone is 1. The summed E-state index contributed by atoms with van der Waals surface area (Å²) in [6.07, 6.45) is 3.78. The van der Waals surface area contributed by atoms with E-state index in [2.05, 4.69) is 20.3 Å². The predicted molar refractivity (Wildman–Crippen MR) is 79.0 cm³/mol. The number of aromatic nitrogens is 5. The Morgan fingerprint density at radius 1 is 1.35 bits per heavy atom. The molecule has 0 aliphatic heterocycles. The number of benzene rings is 1. The molecular weight excluding hydrogens is 301 g/mol. The Labute approximate surface area is 130 Å². The van der Waals surface area contributed by atoms with Crippen LogP contribution >= 0.6 is 0 Å². The van der Waals surface area contributed by atoms with E-state index in [9.17, 15) is 14.3 Å². The van der Waals surface area contributed by atoms with Crippen molar-refractivity contribution in [3.8, 4) is 0 Å². The van der Waals surface area contributed by atoms with Gasteiger partial charge in [0, 0.05) is 17.8 Å². The zero-order chi connectivity index (χ0) is 16.2. The van der Waals surface area contributed by atoms with Crippen molar-refractivity contribution < 1.29 is 14.3 Å². The topological polar surface area (TPSA) is 96.7 Å². The second-order valence-electron chi connectivity index (χ2n) is 4.72. The minimum atomic E-state index is -0.524. The number of ketones is 1. The zero-order valence-corrected chi connectivity index (χ0v) is 11.8. The number of nitrogens with zero attached hydrogens (tertiary/aromatic N) is 4. The van der Waals surface area contributed by atoms with Gasteiger partial charge in [-0.2, -0.15) is 10.2 Å². The molecule has 0 aliphatic carbocycles. The highest BCUT2D eigenvalue weighted by Crippen LogP contribution is 2.12. The molecule has 0 fully saturated rings. The SMILES string of the molecule is O=C(C=C(O)c1ccn(Cc2ccccc2F)n1)c1ncn[nH]1. The smallest absolute Gasteiger partial charge is 0.226 e. The van der Waals surface area contributed by atoms with Crippen molar-refractivity contribution in [3.63, 3.8) is 0 Å². The van der Waals surface area contributed by atoms with Crippen LogP contribution in [-0.4, -0.2) is 35.9 Å². The van der Waals surface area contributed by atoms with Gasteiger partial charge in [0.25, 0.3) is 0 Å². The van der Waals surface area contributed by atoms with Crippen molar-refractivity contribution >= 4 is 11.5 Å². The molecular formula is C15H12FN5O2. The average Bonchev–Trinajstić information content (AvgIpc) is 3.21. The van der Waals surface area contributed by atoms with Gasteiger partial charge in [-0.05, 0) is 12.1 Å². The average molecular weight is 313 g/mol. The first kappa shape index (κ1) is 14.6. The van der Waals surface area contributed by atoms with Gasteiger partial charge in [-0.3, -0.25) is 14.6 Å². The molecule has 2 aromatic heterocycles. The summed E-state index contributed by atoms with van der Waals surface area (Å²) >= 11 is 0. The normalized spacial score (nSPS) is 11.6. The fourth-order valence-corrected chi connectivity index (χ4v) is 1.98. The van der Waals surface area contributed by atoms with E-state index in [1.807, 2.05) is 0 Å². The van der Waals surface area contributed by atoms with Gasteiger partial charge in [0.2, 0.25) is 5.78 Å². The summed E-state index contributed by atoms with van der Waals surface area (Å²) in [5.41, 5.74) is 0.678. The van der Waals surface area contributed by atoms with E-state index in [1.165, 1.54) is 23.1 Å². The third kappa shape index (κ3) is 3.31. The van der Waals surface area contributed by atoms with Crippen molar-refractivity contribution in [3.05, 3.63) is 71.8 Å². The van der Waals surface area contributed by atoms with Crippen molar-refractivity contribution in [2.24, 2.45) is 0 Å². The number of nitrogens with one attached hydrogen (secondary N) is 1. The molecule has 0 saturated carbocycles. The van der Waals surface area contributed by atoms with E-state index >= 15 is 0 Å². The van der Waals surface area contributed by atoms with Crippen LogP contribution in [-0.2, 0) is 6.54 Å². The van der Waals surface area contributed by atoms with Crippen LogP contribution in [0.3, 0.4) is 0 Å². The van der Waals surface area contributed by atoms with Gasteiger partial charge < -0.3 is 5.11 Å². The van der Waals surface area contributed by atoms with E-state index in [-0.39, 0.29) is 29.6 Å². The number of aliphatic hydroxyl groups excluding tert-OH is 1. The van der Waals surface area contributed by atoms with Crippen LogP contribution in [0, 0.1) is 5.82 Å². The molecule has 0 spiro atoms. The quantitative estimate of drug-likeness (QED) is 0.426. The molecule has 0 unspecified atom stereocenters. The second kappa shape index (κ2) is 6.22. The molecule has 116 valence electrons. The van der Waals surface area contributed by atoms with Crippen LogP contribution in [0.1, 0.15) is 21.9 Å². The largest absolute Gasteiger partial charge is 0.505 e. The molecule has 0 atom stereocenters. The lowest BCUT2D eigenvalue weighted by atomic mass is 10.2. The van der Waals surface area contributed by atoms with Gasteiger partial charge in [0.15, 0.2) is 5.82 Å². The fraction of sp³-hybridized carbons (Fsp3) is 0.0667. The van der Waals surface area contributed by atoms with Crippen LogP contribution in [0.15, 0.2) is 48.9 Å². The first-order valence-corrected chi connectivity index (χ1v) is 6.71. The molecule has 8 heteroatoms. The molecule has 23 heavy (non-hydrogen) atoms. The zero-order valence-electron chi connectivity index (χ0n) is 11.8. The van der Waals surface area contributed by atoms with Crippen LogP contribution in [0.2, 0.25) is 0 Å². The molecule has 0 radical (unpaired) electrons. The van der Waals surface area contributed by atoms with Crippen molar-refractivity contribution in [2.75, 3.05) is 0 Å². The predicted octanol–water partition coefficient (Wildman–Crippen LogP) is 1.97. The molecule has 2 heterocycles. The number of hydrogen-bond acceptors (Lipinski definition) is 5. The Hall–Kier alpha value is -3.29. The number of rotatable bonds is 5. The van der Waals surface area contributed by atoms with E-state index in [0.29, 0.717) is 5.56 Å².